The van der Waals surface area contributed by atoms with Crippen molar-refractivity contribution in [3.63, 3.8) is 0 Å². The number of aryl methyl sites for hydroxylation is 1. The molecule has 0 saturated heterocycles. The zero-order valence-electron chi connectivity index (χ0n) is 24.5. The summed E-state index contributed by atoms with van der Waals surface area (Å²) in [5, 5.41) is 3.27. The van der Waals surface area contributed by atoms with Gasteiger partial charge in [-0.05, 0) is 61.0 Å². The normalized spacial score (nSPS) is 11.8. The standard InChI is InChI=1S/C33H33Cl2N3O5S/c1-23-12-18-27(19-13-23)44(41,42)38(25-14-16-26(43-3)17-15-25)22-32(39)37(21-28-29(34)10-7-11-30(28)35)31(33(40)36-2)20-24-8-5-4-6-9-24/h4-19,31H,20-22H2,1-3H3,(H,36,40)/t31-/m0/s1. The Labute approximate surface area is 268 Å². The molecule has 0 spiro atoms. The SMILES string of the molecule is CNC(=O)[C@H](Cc1ccccc1)N(Cc1c(Cl)cccc1Cl)C(=O)CN(c1ccc(OC)cc1)S(=O)(=O)c1ccc(C)cc1. The highest BCUT2D eigenvalue weighted by Gasteiger charge is 2.35. The fourth-order valence-electron chi connectivity index (χ4n) is 4.69. The van der Waals surface area contributed by atoms with Gasteiger partial charge in [-0.3, -0.25) is 13.9 Å². The van der Waals surface area contributed by atoms with Crippen LogP contribution in [0, 0.1) is 6.92 Å². The molecule has 0 radical (unpaired) electrons. The summed E-state index contributed by atoms with van der Waals surface area (Å²) in [6, 6.07) is 25.9. The van der Waals surface area contributed by atoms with Gasteiger partial charge < -0.3 is 15.0 Å². The molecule has 0 aliphatic carbocycles. The van der Waals surface area contributed by atoms with E-state index in [1.54, 1.807) is 54.6 Å². The lowest BCUT2D eigenvalue weighted by Crippen LogP contribution is -2.53. The van der Waals surface area contributed by atoms with E-state index in [0.29, 0.717) is 21.4 Å². The molecule has 1 atom stereocenters. The zero-order chi connectivity index (χ0) is 31.9. The molecular formula is C33H33Cl2N3O5S. The van der Waals surface area contributed by atoms with Crippen LogP contribution < -0.4 is 14.4 Å². The molecule has 4 aromatic carbocycles. The van der Waals surface area contributed by atoms with Crippen molar-refractivity contribution in [3.05, 3.63) is 124 Å². The molecule has 0 bridgehead atoms. The third-order valence-corrected chi connectivity index (χ3v) is 9.65. The average Bonchev–Trinajstić information content (AvgIpc) is 3.03. The van der Waals surface area contributed by atoms with Gasteiger partial charge in [0, 0.05) is 35.6 Å². The van der Waals surface area contributed by atoms with Crippen molar-refractivity contribution < 1.29 is 22.7 Å². The van der Waals surface area contributed by atoms with Crippen molar-refractivity contribution in [3.8, 4) is 5.75 Å². The van der Waals surface area contributed by atoms with Gasteiger partial charge in [0.2, 0.25) is 11.8 Å². The van der Waals surface area contributed by atoms with Crippen LogP contribution in [0.4, 0.5) is 5.69 Å². The Morgan fingerprint density at radius 1 is 0.864 bits per heavy atom. The van der Waals surface area contributed by atoms with E-state index >= 15 is 0 Å². The predicted molar refractivity (Wildman–Crippen MR) is 174 cm³/mol. The van der Waals surface area contributed by atoms with Crippen LogP contribution in [-0.4, -0.2) is 51.9 Å². The molecule has 44 heavy (non-hydrogen) atoms. The van der Waals surface area contributed by atoms with Crippen LogP contribution >= 0.6 is 23.2 Å². The van der Waals surface area contributed by atoms with Crippen molar-refractivity contribution in [2.75, 3.05) is 25.0 Å². The topological polar surface area (TPSA) is 96.0 Å². The molecule has 1 N–H and O–H groups in total. The minimum atomic E-state index is -4.23. The number of halogens is 2. The Bertz CT molecular complexity index is 1680. The van der Waals surface area contributed by atoms with Gasteiger partial charge in [0.05, 0.1) is 17.7 Å². The third-order valence-electron chi connectivity index (χ3n) is 7.16. The van der Waals surface area contributed by atoms with Crippen LogP contribution in [0.3, 0.4) is 0 Å². The Morgan fingerprint density at radius 3 is 2.05 bits per heavy atom. The second-order valence-electron chi connectivity index (χ2n) is 10.1. The molecule has 0 aliphatic heterocycles. The minimum Gasteiger partial charge on any atom is -0.497 e. The van der Waals surface area contributed by atoms with Gasteiger partial charge in [-0.15, -0.1) is 0 Å². The van der Waals surface area contributed by atoms with Gasteiger partial charge >= 0.3 is 0 Å². The number of nitrogens with one attached hydrogen (secondary N) is 1. The molecule has 0 heterocycles. The number of methoxy groups -OCH3 is 1. The van der Waals surface area contributed by atoms with E-state index in [9.17, 15) is 18.0 Å². The fraction of sp³-hybridized carbons (Fsp3) is 0.212. The van der Waals surface area contributed by atoms with Gasteiger partial charge in [-0.1, -0.05) is 77.3 Å². The summed E-state index contributed by atoms with van der Waals surface area (Å²) in [7, 11) is -1.24. The van der Waals surface area contributed by atoms with Crippen molar-refractivity contribution in [1.29, 1.82) is 0 Å². The maximum Gasteiger partial charge on any atom is 0.264 e. The molecule has 230 valence electrons. The largest absolute Gasteiger partial charge is 0.497 e. The van der Waals surface area contributed by atoms with Gasteiger partial charge in [0.25, 0.3) is 10.0 Å². The number of carbonyl (C=O) groups excluding carboxylic acids is 2. The van der Waals surface area contributed by atoms with E-state index in [-0.39, 0.29) is 23.5 Å². The number of hydrogen-bond donors (Lipinski definition) is 1. The highest BCUT2D eigenvalue weighted by Crippen LogP contribution is 2.29. The van der Waals surface area contributed by atoms with E-state index in [4.69, 9.17) is 27.9 Å². The zero-order valence-corrected chi connectivity index (χ0v) is 26.9. The van der Waals surface area contributed by atoms with E-state index in [1.165, 1.54) is 31.2 Å². The smallest absolute Gasteiger partial charge is 0.264 e. The summed E-state index contributed by atoms with van der Waals surface area (Å²) < 4.78 is 34.4. The second-order valence-corrected chi connectivity index (χ2v) is 12.7. The number of ether oxygens (including phenoxy) is 1. The summed E-state index contributed by atoms with van der Waals surface area (Å²) in [6.07, 6.45) is 0.168. The van der Waals surface area contributed by atoms with Crippen LogP contribution in [0.5, 0.6) is 5.75 Å². The van der Waals surface area contributed by atoms with Gasteiger partial charge in [-0.2, -0.15) is 0 Å². The summed E-state index contributed by atoms with van der Waals surface area (Å²) in [5.74, 6) is -0.537. The number of carbonyl (C=O) groups is 2. The van der Waals surface area contributed by atoms with Crippen LogP contribution in [0.1, 0.15) is 16.7 Å². The number of likely N-dealkylation sites (N-methyl/N-ethyl adjacent to an activating group) is 1. The Hall–Kier alpha value is -4.05. The van der Waals surface area contributed by atoms with Crippen LogP contribution in [0.2, 0.25) is 10.0 Å². The fourth-order valence-corrected chi connectivity index (χ4v) is 6.62. The molecule has 0 fully saturated rings. The lowest BCUT2D eigenvalue weighted by atomic mass is 10.0. The maximum absolute atomic E-state index is 14.4. The molecule has 0 saturated carbocycles. The Morgan fingerprint density at radius 2 is 1.48 bits per heavy atom. The highest BCUT2D eigenvalue weighted by molar-refractivity contribution is 7.92. The number of benzene rings is 4. The predicted octanol–water partition coefficient (Wildman–Crippen LogP) is 5.89. The van der Waals surface area contributed by atoms with Crippen molar-refractivity contribution in [2.45, 2.75) is 30.8 Å². The van der Waals surface area contributed by atoms with Gasteiger partial charge in [0.1, 0.15) is 18.3 Å². The van der Waals surface area contributed by atoms with E-state index in [1.807, 2.05) is 37.3 Å². The first-order valence-electron chi connectivity index (χ1n) is 13.8. The molecule has 11 heteroatoms. The van der Waals surface area contributed by atoms with Gasteiger partial charge in [0.15, 0.2) is 0 Å². The van der Waals surface area contributed by atoms with Crippen LogP contribution in [-0.2, 0) is 32.6 Å². The van der Waals surface area contributed by atoms with E-state index < -0.39 is 34.4 Å². The monoisotopic (exact) mass is 653 g/mol. The first kappa shape index (κ1) is 32.9. The first-order valence-corrected chi connectivity index (χ1v) is 16.0. The third kappa shape index (κ3) is 7.72. The molecule has 0 unspecified atom stereocenters. The molecule has 8 nitrogen and oxygen atoms in total. The molecule has 0 aromatic heterocycles. The summed E-state index contributed by atoms with van der Waals surface area (Å²) in [6.45, 7) is 1.11. The van der Waals surface area contributed by atoms with Crippen molar-refractivity contribution in [1.82, 2.24) is 10.2 Å². The minimum absolute atomic E-state index is 0.0135. The molecule has 4 aromatic rings. The first-order chi connectivity index (χ1) is 21.0. The number of anilines is 1. The quantitative estimate of drug-likeness (QED) is 0.206. The number of hydrogen-bond acceptors (Lipinski definition) is 5. The van der Waals surface area contributed by atoms with Gasteiger partial charge in [-0.25, -0.2) is 8.42 Å². The highest BCUT2D eigenvalue weighted by atomic mass is 35.5. The lowest BCUT2D eigenvalue weighted by molar-refractivity contribution is -0.139. The summed E-state index contributed by atoms with van der Waals surface area (Å²) >= 11 is 13.0. The molecule has 2 amide bonds. The van der Waals surface area contributed by atoms with E-state index in [0.717, 1.165) is 15.4 Å². The molecule has 4 rings (SSSR count). The Kier molecular flexibility index (Phi) is 10.9. The Balaban J connectivity index is 1.82. The molecular weight excluding hydrogens is 621 g/mol. The van der Waals surface area contributed by atoms with Crippen LogP contribution in [0.25, 0.3) is 0 Å². The number of nitrogens with zero attached hydrogens (tertiary/aromatic N) is 2. The number of sulfonamides is 1. The number of rotatable bonds is 12. The second kappa shape index (κ2) is 14.6. The maximum atomic E-state index is 14.4. The lowest BCUT2D eigenvalue weighted by Gasteiger charge is -2.34. The summed E-state index contributed by atoms with van der Waals surface area (Å²) in [5.41, 5.74) is 2.37. The summed E-state index contributed by atoms with van der Waals surface area (Å²) in [4.78, 5) is 29.1. The number of amides is 2. The van der Waals surface area contributed by atoms with Crippen molar-refractivity contribution in [2.24, 2.45) is 0 Å². The average molecular weight is 655 g/mol. The van der Waals surface area contributed by atoms with E-state index in [2.05, 4.69) is 5.32 Å². The van der Waals surface area contributed by atoms with Crippen molar-refractivity contribution >= 4 is 50.7 Å². The van der Waals surface area contributed by atoms with Crippen LogP contribution in [0.15, 0.2) is 102 Å². The molecule has 0 aliphatic rings.